The highest BCUT2D eigenvalue weighted by Gasteiger charge is 2.37. The van der Waals surface area contributed by atoms with Gasteiger partial charge in [0.15, 0.2) is 0 Å². The van der Waals surface area contributed by atoms with Crippen LogP contribution < -0.4 is 10.6 Å². The number of anilines is 1. The van der Waals surface area contributed by atoms with Crippen LogP contribution in [0.2, 0.25) is 0 Å². The third-order valence-electron chi connectivity index (χ3n) is 6.73. The van der Waals surface area contributed by atoms with Crippen molar-refractivity contribution in [2.45, 2.75) is 64.1 Å². The van der Waals surface area contributed by atoms with Crippen LogP contribution in [0, 0.1) is 6.92 Å². The molecule has 7 heteroatoms. The molecule has 37 heavy (non-hydrogen) atoms. The molecule has 1 aliphatic carbocycles. The fourth-order valence-electron chi connectivity index (χ4n) is 4.80. The zero-order valence-corrected chi connectivity index (χ0v) is 21.2. The normalized spacial score (nSPS) is 14.1. The summed E-state index contributed by atoms with van der Waals surface area (Å²) in [7, 11) is 0. The lowest BCUT2D eigenvalue weighted by Gasteiger charge is -2.36. The highest BCUT2D eigenvalue weighted by molar-refractivity contribution is 5.94. The van der Waals surface area contributed by atoms with Gasteiger partial charge in [-0.05, 0) is 43.0 Å². The Morgan fingerprint density at radius 3 is 2.30 bits per heavy atom. The summed E-state index contributed by atoms with van der Waals surface area (Å²) in [5.41, 5.74) is 2.84. The van der Waals surface area contributed by atoms with Crippen molar-refractivity contribution in [3.63, 3.8) is 0 Å². The van der Waals surface area contributed by atoms with Crippen molar-refractivity contribution in [2.75, 3.05) is 5.32 Å². The third kappa shape index (κ3) is 7.26. The van der Waals surface area contributed by atoms with E-state index in [4.69, 9.17) is 0 Å². The first kappa shape index (κ1) is 26.1. The van der Waals surface area contributed by atoms with Crippen molar-refractivity contribution in [2.24, 2.45) is 0 Å². The van der Waals surface area contributed by atoms with Gasteiger partial charge in [0.1, 0.15) is 11.9 Å². The second-order valence-corrected chi connectivity index (χ2v) is 9.52. The van der Waals surface area contributed by atoms with Crippen molar-refractivity contribution in [3.8, 4) is 0 Å². The summed E-state index contributed by atoms with van der Waals surface area (Å²) in [6.45, 7) is 2.37. The van der Waals surface area contributed by atoms with Crippen LogP contribution >= 0.6 is 0 Å². The molecule has 2 aromatic carbocycles. The number of carbonyl (C=O) groups excluding carboxylic acids is 3. The number of carbonyl (C=O) groups is 3. The summed E-state index contributed by atoms with van der Waals surface area (Å²) >= 11 is 0. The smallest absolute Gasteiger partial charge is 0.247 e. The van der Waals surface area contributed by atoms with E-state index in [0.29, 0.717) is 12.4 Å². The lowest BCUT2D eigenvalue weighted by Crippen LogP contribution is -2.48. The predicted molar refractivity (Wildman–Crippen MR) is 143 cm³/mol. The van der Waals surface area contributed by atoms with E-state index < -0.39 is 6.04 Å². The predicted octanol–water partition coefficient (Wildman–Crippen LogP) is 4.94. The van der Waals surface area contributed by atoms with Gasteiger partial charge in [0.05, 0.1) is 0 Å². The molecule has 1 heterocycles. The number of pyridine rings is 1. The Kier molecular flexibility index (Phi) is 9.03. The van der Waals surface area contributed by atoms with E-state index >= 15 is 0 Å². The van der Waals surface area contributed by atoms with Gasteiger partial charge in [-0.15, -0.1) is 0 Å². The SMILES string of the molecule is Cc1ccc([C@H](C(=O)NCc2ccccc2)N(C(=O)CCC(=O)Nc2ccccn2)C2CCCC2)cc1. The zero-order valence-electron chi connectivity index (χ0n) is 21.2. The molecule has 192 valence electrons. The van der Waals surface area contributed by atoms with Gasteiger partial charge in [-0.1, -0.05) is 79.1 Å². The molecule has 0 radical (unpaired) electrons. The van der Waals surface area contributed by atoms with E-state index in [1.807, 2.05) is 61.5 Å². The maximum absolute atomic E-state index is 13.7. The van der Waals surface area contributed by atoms with Crippen LogP contribution in [0.1, 0.15) is 61.3 Å². The molecule has 1 aromatic heterocycles. The van der Waals surface area contributed by atoms with Gasteiger partial charge in [-0.25, -0.2) is 4.98 Å². The van der Waals surface area contributed by atoms with E-state index in [-0.39, 0.29) is 36.6 Å². The molecule has 0 bridgehead atoms. The Labute approximate surface area is 218 Å². The molecule has 1 saturated carbocycles. The Bertz CT molecular complexity index is 1180. The van der Waals surface area contributed by atoms with Crippen LogP contribution in [0.25, 0.3) is 0 Å². The van der Waals surface area contributed by atoms with Gasteiger partial charge in [-0.2, -0.15) is 0 Å². The molecule has 1 atom stereocenters. The number of hydrogen-bond acceptors (Lipinski definition) is 4. The lowest BCUT2D eigenvalue weighted by molar-refractivity contribution is -0.144. The molecular weight excluding hydrogens is 464 g/mol. The van der Waals surface area contributed by atoms with E-state index in [2.05, 4.69) is 15.6 Å². The highest BCUT2D eigenvalue weighted by atomic mass is 16.2. The van der Waals surface area contributed by atoms with Crippen molar-refractivity contribution < 1.29 is 14.4 Å². The fraction of sp³-hybridized carbons (Fsp3) is 0.333. The topological polar surface area (TPSA) is 91.4 Å². The molecule has 7 nitrogen and oxygen atoms in total. The summed E-state index contributed by atoms with van der Waals surface area (Å²) in [6.07, 6.45) is 5.36. The van der Waals surface area contributed by atoms with Crippen LogP contribution in [0.15, 0.2) is 79.0 Å². The quantitative estimate of drug-likeness (QED) is 0.414. The van der Waals surface area contributed by atoms with Gasteiger partial charge < -0.3 is 15.5 Å². The summed E-state index contributed by atoms with van der Waals surface area (Å²) in [5, 5.41) is 5.78. The number of nitrogens with zero attached hydrogens (tertiary/aromatic N) is 2. The average Bonchev–Trinajstić information content (AvgIpc) is 3.45. The minimum Gasteiger partial charge on any atom is -0.350 e. The van der Waals surface area contributed by atoms with Crippen molar-refractivity contribution in [3.05, 3.63) is 95.7 Å². The largest absolute Gasteiger partial charge is 0.350 e. The number of hydrogen-bond donors (Lipinski definition) is 2. The lowest BCUT2D eigenvalue weighted by atomic mass is 9.99. The summed E-state index contributed by atoms with van der Waals surface area (Å²) in [5.74, 6) is -0.237. The molecule has 1 fully saturated rings. The van der Waals surface area contributed by atoms with Crippen LogP contribution in [0.4, 0.5) is 5.82 Å². The number of rotatable bonds is 10. The van der Waals surface area contributed by atoms with Crippen LogP contribution in [0.3, 0.4) is 0 Å². The minimum absolute atomic E-state index is 0.0174. The van der Waals surface area contributed by atoms with Crippen LogP contribution in [-0.4, -0.2) is 33.6 Å². The first-order valence-corrected chi connectivity index (χ1v) is 12.9. The highest BCUT2D eigenvalue weighted by Crippen LogP contribution is 2.33. The third-order valence-corrected chi connectivity index (χ3v) is 6.73. The van der Waals surface area contributed by atoms with E-state index in [1.165, 1.54) is 0 Å². The second kappa shape index (κ2) is 12.8. The first-order valence-electron chi connectivity index (χ1n) is 12.9. The van der Waals surface area contributed by atoms with Crippen molar-refractivity contribution in [1.82, 2.24) is 15.2 Å². The average molecular weight is 499 g/mol. The molecule has 0 spiro atoms. The van der Waals surface area contributed by atoms with E-state index in [1.54, 1.807) is 29.3 Å². The Morgan fingerprint density at radius 2 is 1.62 bits per heavy atom. The Morgan fingerprint density at radius 1 is 0.919 bits per heavy atom. The molecule has 4 rings (SSSR count). The molecule has 2 N–H and O–H groups in total. The maximum atomic E-state index is 13.7. The number of nitrogens with one attached hydrogen (secondary N) is 2. The van der Waals surface area contributed by atoms with Crippen LogP contribution in [0.5, 0.6) is 0 Å². The number of amides is 3. The van der Waals surface area contributed by atoms with Gasteiger partial charge in [0.25, 0.3) is 0 Å². The molecule has 0 aliphatic heterocycles. The number of aryl methyl sites for hydroxylation is 1. The molecule has 3 amide bonds. The van der Waals surface area contributed by atoms with Gasteiger partial charge >= 0.3 is 0 Å². The summed E-state index contributed by atoms with van der Waals surface area (Å²) in [6, 6.07) is 21.9. The van der Waals surface area contributed by atoms with Crippen molar-refractivity contribution >= 4 is 23.5 Å². The van der Waals surface area contributed by atoms with Crippen molar-refractivity contribution in [1.29, 1.82) is 0 Å². The fourth-order valence-corrected chi connectivity index (χ4v) is 4.80. The summed E-state index contributed by atoms with van der Waals surface area (Å²) in [4.78, 5) is 45.8. The van der Waals surface area contributed by atoms with E-state index in [9.17, 15) is 14.4 Å². The van der Waals surface area contributed by atoms with Gasteiger partial charge in [-0.3, -0.25) is 14.4 Å². The second-order valence-electron chi connectivity index (χ2n) is 9.52. The minimum atomic E-state index is -0.765. The van der Waals surface area contributed by atoms with Crippen LogP contribution in [-0.2, 0) is 20.9 Å². The first-order chi connectivity index (χ1) is 18.0. The molecule has 0 unspecified atom stereocenters. The molecular formula is C30H34N4O3. The summed E-state index contributed by atoms with van der Waals surface area (Å²) < 4.78 is 0. The van der Waals surface area contributed by atoms with E-state index in [0.717, 1.165) is 42.4 Å². The molecule has 3 aromatic rings. The molecule has 1 aliphatic rings. The zero-order chi connectivity index (χ0) is 26.0. The Balaban J connectivity index is 1.54. The number of aromatic nitrogens is 1. The number of benzene rings is 2. The van der Waals surface area contributed by atoms with Gasteiger partial charge in [0, 0.05) is 31.6 Å². The molecule has 0 saturated heterocycles. The Hall–Kier alpha value is -4.00. The standard InChI is InChI=1S/C30H34N4O3/c1-22-14-16-24(17-15-22)29(30(37)32-21-23-9-3-2-4-10-23)34(25-11-5-6-12-25)28(36)19-18-27(35)33-26-13-7-8-20-31-26/h2-4,7-10,13-17,20,25,29H,5-6,11-12,18-19,21H2,1H3,(H,32,37)(H,31,33,35)/t29-/m1/s1. The van der Waals surface area contributed by atoms with Gasteiger partial charge in [0.2, 0.25) is 17.7 Å². The monoisotopic (exact) mass is 498 g/mol. The maximum Gasteiger partial charge on any atom is 0.247 e.